The molecular weight excluding hydrogens is 534 g/mol. The smallest absolute Gasteiger partial charge is 0.255 e. The Morgan fingerprint density at radius 1 is 0.927 bits per heavy atom. The first kappa shape index (κ1) is 29.5. The molecule has 2 saturated heterocycles. The van der Waals surface area contributed by atoms with Gasteiger partial charge in [-0.25, -0.2) is 0 Å². The molecule has 1 unspecified atom stereocenters. The van der Waals surface area contributed by atoms with Crippen LogP contribution in [0.1, 0.15) is 47.2 Å². The highest BCUT2D eigenvalue weighted by Gasteiger charge is 2.43. The summed E-state index contributed by atoms with van der Waals surface area (Å²) in [6.45, 7) is 11.0. The van der Waals surface area contributed by atoms with Crippen LogP contribution in [0.5, 0.6) is 0 Å². The molecule has 1 atom stereocenters. The number of amides is 3. The topological polar surface area (TPSA) is 79.4 Å². The molecule has 0 N–H and O–H groups in total. The lowest BCUT2D eigenvalue weighted by Crippen LogP contribution is -2.55. The summed E-state index contributed by atoms with van der Waals surface area (Å²) in [7, 11) is -1.27. The third-order valence-electron chi connectivity index (χ3n) is 8.44. The number of imide groups is 1. The molecule has 8 nitrogen and oxygen atoms in total. The van der Waals surface area contributed by atoms with Crippen LogP contribution in [0.25, 0.3) is 0 Å². The minimum Gasteiger partial charge on any atom is -0.376 e. The summed E-state index contributed by atoms with van der Waals surface area (Å²) in [4.78, 5) is 44.5. The van der Waals surface area contributed by atoms with Crippen molar-refractivity contribution in [2.24, 2.45) is 5.92 Å². The zero-order valence-electron chi connectivity index (χ0n) is 24.6. The monoisotopic (exact) mass is 577 g/mol. The molecule has 2 aromatic rings. The Morgan fingerprint density at radius 3 is 2.41 bits per heavy atom. The maximum atomic E-state index is 13.4. The fourth-order valence-electron chi connectivity index (χ4n) is 5.83. The zero-order chi connectivity index (χ0) is 29.0. The number of carbonyl (C=O) groups excluding carboxylic acids is 3. The fourth-order valence-corrected chi connectivity index (χ4v) is 6.59. The van der Waals surface area contributed by atoms with Crippen molar-refractivity contribution >= 4 is 31.5 Å². The largest absolute Gasteiger partial charge is 0.376 e. The van der Waals surface area contributed by atoms with Crippen LogP contribution < -0.4 is 4.90 Å². The molecule has 3 aliphatic rings. The molecule has 2 aromatic carbocycles. The maximum absolute atomic E-state index is 13.4. The lowest BCUT2D eigenvalue weighted by molar-refractivity contribution is -0.158. The van der Waals surface area contributed by atoms with Gasteiger partial charge in [-0.2, -0.15) is 0 Å². The highest BCUT2D eigenvalue weighted by molar-refractivity contribution is 6.76. The predicted molar refractivity (Wildman–Crippen MR) is 161 cm³/mol. The van der Waals surface area contributed by atoms with Crippen LogP contribution in [-0.4, -0.2) is 74.7 Å². The first-order valence-corrected chi connectivity index (χ1v) is 18.6. The third-order valence-corrected chi connectivity index (χ3v) is 10.1. The van der Waals surface area contributed by atoms with Gasteiger partial charge in [0.05, 0.1) is 6.61 Å². The Balaban J connectivity index is 1.14. The molecule has 220 valence electrons. The van der Waals surface area contributed by atoms with Crippen LogP contribution in [0.15, 0.2) is 48.5 Å². The summed E-state index contributed by atoms with van der Waals surface area (Å²) >= 11 is 0. The Hall–Kier alpha value is -3.01. The number of hydrogen-bond donors (Lipinski definition) is 0. The van der Waals surface area contributed by atoms with Crippen LogP contribution in [-0.2, 0) is 32.2 Å². The molecule has 0 aliphatic carbocycles. The van der Waals surface area contributed by atoms with Crippen molar-refractivity contribution in [2.75, 3.05) is 37.9 Å². The van der Waals surface area contributed by atoms with Gasteiger partial charge in [0.1, 0.15) is 12.8 Å². The summed E-state index contributed by atoms with van der Waals surface area (Å²) in [6, 6.07) is 16.6. The number of nitrogens with zero attached hydrogens (tertiary/aromatic N) is 3. The summed E-state index contributed by atoms with van der Waals surface area (Å²) in [5.74, 6) is -0.135. The molecule has 0 saturated carbocycles. The van der Waals surface area contributed by atoms with E-state index in [0.29, 0.717) is 37.7 Å². The predicted octanol–water partition coefficient (Wildman–Crippen LogP) is 4.91. The standard InChI is InChI=1S/C32H43N3O5Si/c1-41(2,3)18-17-39-23-35-30(36)12-11-29(32(35)38)34-20-26-19-27(9-10-28(26)31(34)37)33-15-13-25(14-16-33)22-40-21-24-7-5-4-6-8-24/h4-10,19,25,29H,11-18,20-23H2,1-3H3. The quantitative estimate of drug-likeness (QED) is 0.215. The molecule has 5 rings (SSSR count). The van der Waals surface area contributed by atoms with Crippen molar-refractivity contribution in [2.45, 2.75) is 70.6 Å². The van der Waals surface area contributed by atoms with E-state index in [0.717, 1.165) is 49.8 Å². The minimum absolute atomic E-state index is 0.0367. The lowest BCUT2D eigenvalue weighted by atomic mass is 9.97. The summed E-state index contributed by atoms with van der Waals surface area (Å²) in [5.41, 5.74) is 3.92. The third kappa shape index (κ3) is 7.26. The maximum Gasteiger partial charge on any atom is 0.255 e. The van der Waals surface area contributed by atoms with Crippen LogP contribution in [0, 0.1) is 5.92 Å². The van der Waals surface area contributed by atoms with E-state index in [9.17, 15) is 14.4 Å². The second-order valence-corrected chi connectivity index (χ2v) is 18.4. The van der Waals surface area contributed by atoms with Gasteiger partial charge in [0.25, 0.3) is 11.8 Å². The van der Waals surface area contributed by atoms with E-state index in [1.54, 1.807) is 4.90 Å². The summed E-state index contributed by atoms with van der Waals surface area (Å²) in [6.07, 6.45) is 2.73. The highest BCUT2D eigenvalue weighted by Crippen LogP contribution is 2.33. The Morgan fingerprint density at radius 2 is 1.68 bits per heavy atom. The molecule has 0 spiro atoms. The fraction of sp³-hybridized carbons (Fsp3) is 0.531. The average Bonchev–Trinajstić information content (AvgIpc) is 3.28. The van der Waals surface area contributed by atoms with Crippen molar-refractivity contribution in [3.8, 4) is 0 Å². The molecule has 3 heterocycles. The van der Waals surface area contributed by atoms with E-state index in [4.69, 9.17) is 9.47 Å². The van der Waals surface area contributed by atoms with Gasteiger partial charge in [-0.1, -0.05) is 50.0 Å². The van der Waals surface area contributed by atoms with Gasteiger partial charge in [0, 0.05) is 58.6 Å². The molecule has 0 aromatic heterocycles. The van der Waals surface area contributed by atoms with Crippen LogP contribution in [0.3, 0.4) is 0 Å². The number of piperidine rings is 2. The molecular formula is C32H43N3O5Si. The van der Waals surface area contributed by atoms with Gasteiger partial charge >= 0.3 is 0 Å². The molecule has 2 fully saturated rings. The molecule has 41 heavy (non-hydrogen) atoms. The molecule has 9 heteroatoms. The first-order chi connectivity index (χ1) is 19.7. The minimum atomic E-state index is -1.27. The molecule has 3 amide bonds. The summed E-state index contributed by atoms with van der Waals surface area (Å²) < 4.78 is 11.7. The summed E-state index contributed by atoms with van der Waals surface area (Å²) in [5, 5.41) is 0. The van der Waals surface area contributed by atoms with Gasteiger partial charge in [-0.15, -0.1) is 0 Å². The Kier molecular flexibility index (Phi) is 9.26. The van der Waals surface area contributed by atoms with Crippen LogP contribution >= 0.6 is 0 Å². The number of ether oxygens (including phenoxy) is 2. The van der Waals surface area contributed by atoms with E-state index in [2.05, 4.69) is 42.7 Å². The van der Waals surface area contributed by atoms with Gasteiger partial charge in [-0.3, -0.25) is 19.3 Å². The Labute approximate surface area is 244 Å². The molecule has 0 bridgehead atoms. The van der Waals surface area contributed by atoms with Crippen molar-refractivity contribution < 1.29 is 23.9 Å². The number of carbonyl (C=O) groups is 3. The van der Waals surface area contributed by atoms with Gasteiger partial charge in [-0.05, 0) is 60.6 Å². The van der Waals surface area contributed by atoms with Crippen LogP contribution in [0.4, 0.5) is 5.69 Å². The first-order valence-electron chi connectivity index (χ1n) is 14.9. The second-order valence-electron chi connectivity index (χ2n) is 12.8. The van der Waals surface area contributed by atoms with Crippen molar-refractivity contribution in [1.29, 1.82) is 0 Å². The lowest BCUT2D eigenvalue weighted by Gasteiger charge is -2.35. The van der Waals surface area contributed by atoms with Gasteiger partial charge in [0.15, 0.2) is 0 Å². The number of benzene rings is 2. The molecule has 0 radical (unpaired) electrons. The Bertz CT molecular complexity index is 1240. The SMILES string of the molecule is C[Si](C)(C)CCOCN1C(=O)CCC(N2Cc3cc(N4CCC(COCc5ccccc5)CC4)ccc3C2=O)C1=O. The normalized spacial score (nSPS) is 20.2. The second kappa shape index (κ2) is 12.9. The number of rotatable bonds is 11. The highest BCUT2D eigenvalue weighted by atomic mass is 28.3. The average molecular weight is 578 g/mol. The van der Waals surface area contributed by atoms with E-state index >= 15 is 0 Å². The van der Waals surface area contributed by atoms with Gasteiger partial charge in [0.2, 0.25) is 5.91 Å². The van der Waals surface area contributed by atoms with E-state index in [1.165, 1.54) is 10.5 Å². The van der Waals surface area contributed by atoms with Crippen molar-refractivity contribution in [1.82, 2.24) is 9.80 Å². The number of fused-ring (bicyclic) bond motifs is 1. The van der Waals surface area contributed by atoms with Crippen LogP contribution in [0.2, 0.25) is 25.7 Å². The van der Waals surface area contributed by atoms with Gasteiger partial charge < -0.3 is 19.3 Å². The van der Waals surface area contributed by atoms with E-state index in [-0.39, 0.29) is 30.9 Å². The zero-order valence-corrected chi connectivity index (χ0v) is 25.6. The van der Waals surface area contributed by atoms with Crippen molar-refractivity contribution in [3.63, 3.8) is 0 Å². The van der Waals surface area contributed by atoms with Crippen molar-refractivity contribution in [3.05, 3.63) is 65.2 Å². The number of likely N-dealkylation sites (tertiary alicyclic amines) is 1. The molecule has 3 aliphatic heterocycles. The number of hydrogen-bond acceptors (Lipinski definition) is 6. The van der Waals surface area contributed by atoms with E-state index < -0.39 is 14.1 Å². The van der Waals surface area contributed by atoms with E-state index in [1.807, 2.05) is 30.3 Å². The number of anilines is 1.